The summed E-state index contributed by atoms with van der Waals surface area (Å²) in [4.78, 5) is 27.0. The highest BCUT2D eigenvalue weighted by molar-refractivity contribution is 7.15. The smallest absolute Gasteiger partial charge is 0.261 e. The van der Waals surface area contributed by atoms with Crippen molar-refractivity contribution in [2.24, 2.45) is 0 Å². The van der Waals surface area contributed by atoms with Crippen LogP contribution in [0.5, 0.6) is 0 Å². The maximum Gasteiger partial charge on any atom is 0.261 e. The number of amides is 1. The number of aromatic amines is 1. The van der Waals surface area contributed by atoms with Crippen molar-refractivity contribution in [2.45, 2.75) is 32.2 Å². The number of fused-ring (bicyclic) bond motifs is 1. The quantitative estimate of drug-likeness (QED) is 0.775. The predicted molar refractivity (Wildman–Crippen MR) is 79.3 cm³/mol. The molecule has 1 aliphatic rings. The molecule has 0 aromatic carbocycles. The summed E-state index contributed by atoms with van der Waals surface area (Å²) < 4.78 is 0. The van der Waals surface area contributed by atoms with Crippen molar-refractivity contribution in [1.29, 1.82) is 0 Å². The minimum atomic E-state index is -0.410. The van der Waals surface area contributed by atoms with Gasteiger partial charge in [0.1, 0.15) is 10.6 Å². The van der Waals surface area contributed by atoms with Gasteiger partial charge in [0, 0.05) is 5.69 Å². The highest BCUT2D eigenvalue weighted by Gasteiger charge is 2.20. The third-order valence-electron chi connectivity index (χ3n) is 3.51. The summed E-state index contributed by atoms with van der Waals surface area (Å²) in [6.07, 6.45) is 2.78. The first-order valence-corrected chi connectivity index (χ1v) is 7.51. The summed E-state index contributed by atoms with van der Waals surface area (Å²) in [6, 6.07) is 1.34. The lowest BCUT2D eigenvalue weighted by atomic mass is 10.1. The summed E-state index contributed by atoms with van der Waals surface area (Å²) in [7, 11) is 0. The van der Waals surface area contributed by atoms with Crippen LogP contribution in [0, 0.1) is 0 Å². The molecule has 0 fully saturated rings. The molecule has 1 amide bonds. The molecule has 21 heavy (non-hydrogen) atoms. The Hall–Kier alpha value is -2.22. The van der Waals surface area contributed by atoms with Gasteiger partial charge in [-0.1, -0.05) is 11.3 Å². The van der Waals surface area contributed by atoms with E-state index in [0.29, 0.717) is 10.1 Å². The number of nitrogens with two attached hydrogens (primary N) is 1. The summed E-state index contributed by atoms with van der Waals surface area (Å²) in [6.45, 7) is 1.78. The zero-order valence-electron chi connectivity index (χ0n) is 11.5. The Bertz CT molecular complexity index is 751. The van der Waals surface area contributed by atoms with E-state index in [4.69, 9.17) is 5.73 Å². The number of nitrogens with one attached hydrogen (secondary N) is 2. The van der Waals surface area contributed by atoms with E-state index in [2.05, 4.69) is 20.5 Å². The van der Waals surface area contributed by atoms with Crippen molar-refractivity contribution in [2.75, 3.05) is 5.73 Å². The van der Waals surface area contributed by atoms with Gasteiger partial charge >= 0.3 is 0 Å². The van der Waals surface area contributed by atoms with E-state index >= 15 is 0 Å². The van der Waals surface area contributed by atoms with Crippen LogP contribution in [0.3, 0.4) is 0 Å². The molecule has 0 spiro atoms. The number of aryl methyl sites for hydroxylation is 2. The molecule has 4 N–H and O–H groups in total. The standard InChI is InChI=1S/C13H15N5O2S/c1-6(12-17-18-13(14)21-12)15-10(19)8-5-7-3-2-4-9(7)16-11(8)20/h5-6H,2-4H2,1H3,(H2,14,18)(H,15,19)(H,16,20)/t6-/m1/s1. The van der Waals surface area contributed by atoms with Gasteiger partial charge in [-0.25, -0.2) is 0 Å². The second kappa shape index (κ2) is 5.28. The molecule has 0 unspecified atom stereocenters. The van der Waals surface area contributed by atoms with Crippen molar-refractivity contribution < 1.29 is 4.79 Å². The van der Waals surface area contributed by atoms with E-state index in [1.165, 1.54) is 11.3 Å². The molecule has 0 aliphatic heterocycles. The fourth-order valence-electron chi connectivity index (χ4n) is 2.44. The van der Waals surface area contributed by atoms with Gasteiger partial charge in [-0.05, 0) is 37.8 Å². The Morgan fingerprint density at radius 2 is 2.29 bits per heavy atom. The number of carbonyl (C=O) groups is 1. The van der Waals surface area contributed by atoms with Crippen LogP contribution in [-0.2, 0) is 12.8 Å². The number of pyridine rings is 1. The minimum Gasteiger partial charge on any atom is -0.374 e. The number of anilines is 1. The highest BCUT2D eigenvalue weighted by atomic mass is 32.1. The molecule has 0 saturated carbocycles. The van der Waals surface area contributed by atoms with Crippen LogP contribution in [0.2, 0.25) is 0 Å². The first-order chi connectivity index (χ1) is 10.0. The molecule has 2 aromatic heterocycles. The van der Waals surface area contributed by atoms with Gasteiger partial charge in [-0.15, -0.1) is 10.2 Å². The molecule has 2 heterocycles. The van der Waals surface area contributed by atoms with E-state index in [1.54, 1.807) is 13.0 Å². The summed E-state index contributed by atoms with van der Waals surface area (Å²) in [5.74, 6) is -0.410. The zero-order valence-corrected chi connectivity index (χ0v) is 12.3. The lowest BCUT2D eigenvalue weighted by molar-refractivity contribution is 0.0938. The van der Waals surface area contributed by atoms with Crippen LogP contribution >= 0.6 is 11.3 Å². The third-order valence-corrected chi connectivity index (χ3v) is 4.44. The number of hydrogen-bond donors (Lipinski definition) is 3. The highest BCUT2D eigenvalue weighted by Crippen LogP contribution is 2.21. The maximum atomic E-state index is 12.2. The van der Waals surface area contributed by atoms with Crippen molar-refractivity contribution >= 4 is 22.4 Å². The number of aromatic nitrogens is 3. The first kappa shape index (κ1) is 13.7. The SMILES string of the molecule is C[C@@H](NC(=O)c1cc2c([nH]c1=O)CCC2)c1nnc(N)s1. The van der Waals surface area contributed by atoms with Gasteiger partial charge in [-0.2, -0.15) is 0 Å². The summed E-state index contributed by atoms with van der Waals surface area (Å²) >= 11 is 1.21. The third kappa shape index (κ3) is 2.66. The van der Waals surface area contributed by atoms with Gasteiger partial charge in [-0.3, -0.25) is 9.59 Å². The van der Waals surface area contributed by atoms with Crippen molar-refractivity contribution in [1.82, 2.24) is 20.5 Å². The molecule has 7 nitrogen and oxygen atoms in total. The Morgan fingerprint density at radius 1 is 1.48 bits per heavy atom. The van der Waals surface area contributed by atoms with Crippen LogP contribution in [0.25, 0.3) is 0 Å². The van der Waals surface area contributed by atoms with Gasteiger partial charge < -0.3 is 16.0 Å². The van der Waals surface area contributed by atoms with Crippen LogP contribution < -0.4 is 16.6 Å². The molecule has 1 aliphatic carbocycles. The fourth-order valence-corrected chi connectivity index (χ4v) is 3.05. The normalized spacial score (nSPS) is 14.7. The largest absolute Gasteiger partial charge is 0.374 e. The molecule has 0 bridgehead atoms. The molecule has 3 rings (SSSR count). The number of hydrogen-bond acceptors (Lipinski definition) is 6. The van der Waals surface area contributed by atoms with Gasteiger partial charge in [0.05, 0.1) is 6.04 Å². The Morgan fingerprint density at radius 3 is 3.00 bits per heavy atom. The van der Waals surface area contributed by atoms with Crippen LogP contribution in [-0.4, -0.2) is 21.1 Å². The Kier molecular flexibility index (Phi) is 3.46. The van der Waals surface area contributed by atoms with E-state index in [9.17, 15) is 9.59 Å². The van der Waals surface area contributed by atoms with Gasteiger partial charge in [0.15, 0.2) is 0 Å². The van der Waals surface area contributed by atoms with Crippen molar-refractivity contribution in [3.8, 4) is 0 Å². The average Bonchev–Trinajstić information content (AvgIpc) is 3.05. The topological polar surface area (TPSA) is 114 Å². The monoisotopic (exact) mass is 305 g/mol. The zero-order chi connectivity index (χ0) is 15.0. The molecule has 0 radical (unpaired) electrons. The number of carbonyl (C=O) groups excluding carboxylic acids is 1. The van der Waals surface area contributed by atoms with E-state index < -0.39 is 5.91 Å². The van der Waals surface area contributed by atoms with E-state index in [1.807, 2.05) is 0 Å². The van der Waals surface area contributed by atoms with Gasteiger partial charge in [0.2, 0.25) is 5.13 Å². The molecule has 110 valence electrons. The van der Waals surface area contributed by atoms with Crippen molar-refractivity contribution in [3.05, 3.63) is 38.2 Å². The van der Waals surface area contributed by atoms with E-state index in [-0.39, 0.29) is 17.2 Å². The fraction of sp³-hybridized carbons (Fsp3) is 0.385. The second-order valence-corrected chi connectivity index (χ2v) is 6.08. The molecule has 0 saturated heterocycles. The van der Waals surface area contributed by atoms with Crippen molar-refractivity contribution in [3.63, 3.8) is 0 Å². The second-order valence-electron chi connectivity index (χ2n) is 5.04. The Labute approximate surface area is 124 Å². The average molecular weight is 305 g/mol. The lowest BCUT2D eigenvalue weighted by Crippen LogP contribution is -2.32. The molecule has 1 atom stereocenters. The van der Waals surface area contributed by atoms with E-state index in [0.717, 1.165) is 30.5 Å². The summed E-state index contributed by atoms with van der Waals surface area (Å²) in [5, 5.41) is 11.3. The molecular formula is C13H15N5O2S. The van der Waals surface area contributed by atoms with Crippen LogP contribution in [0.15, 0.2) is 10.9 Å². The van der Waals surface area contributed by atoms with Crippen LogP contribution in [0.4, 0.5) is 5.13 Å². The number of H-pyrrole nitrogens is 1. The predicted octanol–water partition coefficient (Wildman–Crippen LogP) is 0.788. The molecular weight excluding hydrogens is 290 g/mol. The molecule has 2 aromatic rings. The van der Waals surface area contributed by atoms with Crippen LogP contribution in [0.1, 0.15) is 46.0 Å². The molecule has 8 heteroatoms. The number of rotatable bonds is 3. The Balaban J connectivity index is 1.81. The maximum absolute atomic E-state index is 12.2. The number of nitrogen functional groups attached to an aromatic ring is 1. The lowest BCUT2D eigenvalue weighted by Gasteiger charge is -2.11. The minimum absolute atomic E-state index is 0.139. The first-order valence-electron chi connectivity index (χ1n) is 6.69. The number of nitrogens with zero attached hydrogens (tertiary/aromatic N) is 2. The van der Waals surface area contributed by atoms with Gasteiger partial charge in [0.25, 0.3) is 11.5 Å². The summed E-state index contributed by atoms with van der Waals surface area (Å²) in [5.41, 5.74) is 7.30.